The molecule has 0 saturated heterocycles. The van der Waals surface area contributed by atoms with Crippen LogP contribution >= 0.6 is 0 Å². The first kappa shape index (κ1) is 18.2. The van der Waals surface area contributed by atoms with E-state index in [2.05, 4.69) is 41.3 Å². The molecule has 134 valence electrons. The molecule has 2 aromatic carbocycles. The largest absolute Gasteiger partial charge is 0.324 e. The average Bonchev–Trinajstić information content (AvgIpc) is 2.69. The molecule has 3 heteroatoms. The summed E-state index contributed by atoms with van der Waals surface area (Å²) in [7, 11) is 0. The van der Waals surface area contributed by atoms with Crippen LogP contribution in [0, 0.1) is 5.82 Å². The summed E-state index contributed by atoms with van der Waals surface area (Å²) in [5, 5.41) is 0. The zero-order chi connectivity index (χ0) is 18.4. The van der Waals surface area contributed by atoms with Gasteiger partial charge in [0.15, 0.2) is 0 Å². The lowest BCUT2D eigenvalue weighted by Gasteiger charge is -2.31. The minimum Gasteiger partial charge on any atom is -0.324 e. The summed E-state index contributed by atoms with van der Waals surface area (Å²) in [6.07, 6.45) is 11.5. The first-order valence-electron chi connectivity index (χ1n) is 9.07. The molecule has 2 aromatic rings. The maximum atomic E-state index is 13.2. The number of hydrogen-bond acceptors (Lipinski definition) is 2. The number of benzene rings is 2. The molecule has 0 bridgehead atoms. The highest BCUT2D eigenvalue weighted by molar-refractivity contribution is 5.61. The van der Waals surface area contributed by atoms with E-state index in [0.29, 0.717) is 6.42 Å². The molecule has 0 radical (unpaired) electrons. The third-order valence-corrected chi connectivity index (χ3v) is 4.60. The number of halogens is 1. The Labute approximate surface area is 155 Å². The van der Waals surface area contributed by atoms with Crippen LogP contribution in [-0.4, -0.2) is 0 Å². The van der Waals surface area contributed by atoms with Gasteiger partial charge in [-0.05, 0) is 55.7 Å². The van der Waals surface area contributed by atoms with Crippen molar-refractivity contribution in [2.45, 2.75) is 32.2 Å². The van der Waals surface area contributed by atoms with Crippen molar-refractivity contribution >= 4 is 5.69 Å². The van der Waals surface area contributed by atoms with Gasteiger partial charge in [-0.15, -0.1) is 0 Å². The van der Waals surface area contributed by atoms with Crippen molar-refractivity contribution in [1.29, 1.82) is 0 Å². The highest BCUT2D eigenvalue weighted by atomic mass is 19.1. The van der Waals surface area contributed by atoms with Gasteiger partial charge in [0, 0.05) is 29.5 Å². The van der Waals surface area contributed by atoms with E-state index in [4.69, 9.17) is 5.73 Å². The summed E-state index contributed by atoms with van der Waals surface area (Å²) < 4.78 is 13.2. The zero-order valence-corrected chi connectivity index (χ0v) is 15.1. The Hall–Kier alpha value is -2.65. The monoisotopic (exact) mass is 348 g/mol. The molecule has 26 heavy (non-hydrogen) atoms. The van der Waals surface area contributed by atoms with Crippen LogP contribution in [0.3, 0.4) is 0 Å². The van der Waals surface area contributed by atoms with E-state index in [1.54, 1.807) is 12.1 Å². The SMILES string of the molecule is C/C=C(\CC(N)c1ccc(F)cc1)N(C1=CCCC=C1)c1ccccc1. The van der Waals surface area contributed by atoms with Crippen molar-refractivity contribution in [2.75, 3.05) is 4.90 Å². The number of allylic oxidation sites excluding steroid dienone is 4. The van der Waals surface area contributed by atoms with Gasteiger partial charge in [0.1, 0.15) is 5.82 Å². The Morgan fingerprint density at radius 2 is 1.85 bits per heavy atom. The standard InChI is InChI=1S/C23H25FN2/c1-2-20(17-23(25)18-13-15-19(24)16-14-18)26(21-9-5-3-6-10-21)22-11-7-4-8-12-22/h2-3,5-7,9-16,23H,4,8,17,25H2,1H3/b20-2+. The molecule has 0 aromatic heterocycles. The van der Waals surface area contributed by atoms with Crippen LogP contribution in [0.4, 0.5) is 10.1 Å². The number of hydrogen-bond donors (Lipinski definition) is 1. The number of nitrogens with two attached hydrogens (primary N) is 1. The Kier molecular flexibility index (Phi) is 6.03. The van der Waals surface area contributed by atoms with Crippen LogP contribution in [0.15, 0.2) is 90.3 Å². The fourth-order valence-corrected chi connectivity index (χ4v) is 3.21. The third-order valence-electron chi connectivity index (χ3n) is 4.60. The third kappa shape index (κ3) is 4.30. The first-order chi connectivity index (χ1) is 12.7. The fourth-order valence-electron chi connectivity index (χ4n) is 3.21. The van der Waals surface area contributed by atoms with E-state index in [-0.39, 0.29) is 11.9 Å². The molecular formula is C23H25FN2. The minimum absolute atomic E-state index is 0.193. The number of para-hydroxylation sites is 1. The Morgan fingerprint density at radius 1 is 1.12 bits per heavy atom. The fraction of sp³-hybridized carbons (Fsp3) is 0.217. The normalized spacial score (nSPS) is 15.5. The van der Waals surface area contributed by atoms with Crippen LogP contribution in [0.1, 0.15) is 37.8 Å². The van der Waals surface area contributed by atoms with Gasteiger partial charge in [-0.3, -0.25) is 0 Å². The van der Waals surface area contributed by atoms with Crippen LogP contribution in [0.25, 0.3) is 0 Å². The maximum absolute atomic E-state index is 13.2. The lowest BCUT2D eigenvalue weighted by atomic mass is 10.0. The van der Waals surface area contributed by atoms with Gasteiger partial charge in [0.05, 0.1) is 0 Å². The second kappa shape index (κ2) is 8.63. The van der Waals surface area contributed by atoms with Gasteiger partial charge in [0.2, 0.25) is 0 Å². The Bertz CT molecular complexity index is 804. The topological polar surface area (TPSA) is 29.3 Å². The minimum atomic E-state index is -0.240. The summed E-state index contributed by atoms with van der Waals surface area (Å²) in [4.78, 5) is 2.26. The second-order valence-electron chi connectivity index (χ2n) is 6.42. The molecular weight excluding hydrogens is 323 g/mol. The maximum Gasteiger partial charge on any atom is 0.123 e. The molecule has 0 spiro atoms. The Morgan fingerprint density at radius 3 is 2.46 bits per heavy atom. The molecule has 2 nitrogen and oxygen atoms in total. The van der Waals surface area contributed by atoms with Crippen LogP contribution in [-0.2, 0) is 0 Å². The van der Waals surface area contributed by atoms with Crippen molar-refractivity contribution in [3.63, 3.8) is 0 Å². The number of nitrogens with zero attached hydrogens (tertiary/aromatic N) is 1. The lowest BCUT2D eigenvalue weighted by molar-refractivity contribution is 0.624. The molecule has 1 atom stereocenters. The van der Waals surface area contributed by atoms with E-state index in [0.717, 1.165) is 29.8 Å². The predicted molar refractivity (Wildman–Crippen MR) is 107 cm³/mol. The molecule has 1 aliphatic rings. The van der Waals surface area contributed by atoms with E-state index in [1.807, 2.05) is 25.1 Å². The quantitative estimate of drug-likeness (QED) is 0.708. The molecule has 0 saturated carbocycles. The van der Waals surface area contributed by atoms with Crippen molar-refractivity contribution in [3.05, 3.63) is 102 Å². The molecule has 1 aliphatic carbocycles. The number of rotatable bonds is 6. The molecule has 0 heterocycles. The molecule has 0 amide bonds. The smallest absolute Gasteiger partial charge is 0.123 e. The van der Waals surface area contributed by atoms with E-state index >= 15 is 0 Å². The predicted octanol–water partition coefficient (Wildman–Crippen LogP) is 5.86. The van der Waals surface area contributed by atoms with Crippen molar-refractivity contribution < 1.29 is 4.39 Å². The molecule has 0 aliphatic heterocycles. The first-order valence-corrected chi connectivity index (χ1v) is 9.07. The van der Waals surface area contributed by atoms with E-state index < -0.39 is 0 Å². The summed E-state index contributed by atoms with van der Waals surface area (Å²) in [6, 6.07) is 16.6. The van der Waals surface area contributed by atoms with Gasteiger partial charge < -0.3 is 10.6 Å². The van der Waals surface area contributed by atoms with Gasteiger partial charge in [-0.25, -0.2) is 4.39 Å². The summed E-state index contributed by atoms with van der Waals surface area (Å²) in [6.45, 7) is 2.04. The summed E-state index contributed by atoms with van der Waals surface area (Å²) in [5.74, 6) is -0.240. The van der Waals surface area contributed by atoms with Crippen molar-refractivity contribution in [1.82, 2.24) is 0 Å². The van der Waals surface area contributed by atoms with E-state index in [1.165, 1.54) is 17.8 Å². The highest BCUT2D eigenvalue weighted by Gasteiger charge is 2.19. The van der Waals surface area contributed by atoms with Gasteiger partial charge in [-0.2, -0.15) is 0 Å². The van der Waals surface area contributed by atoms with Crippen molar-refractivity contribution in [2.24, 2.45) is 5.73 Å². The van der Waals surface area contributed by atoms with Gasteiger partial charge in [0.25, 0.3) is 0 Å². The van der Waals surface area contributed by atoms with Gasteiger partial charge in [-0.1, -0.05) is 48.6 Å². The summed E-state index contributed by atoms with van der Waals surface area (Å²) >= 11 is 0. The van der Waals surface area contributed by atoms with Gasteiger partial charge >= 0.3 is 0 Å². The molecule has 3 rings (SSSR count). The van der Waals surface area contributed by atoms with Crippen LogP contribution < -0.4 is 10.6 Å². The zero-order valence-electron chi connectivity index (χ0n) is 15.1. The van der Waals surface area contributed by atoms with Crippen LogP contribution in [0.2, 0.25) is 0 Å². The second-order valence-corrected chi connectivity index (χ2v) is 6.42. The molecule has 2 N–H and O–H groups in total. The van der Waals surface area contributed by atoms with Crippen molar-refractivity contribution in [3.8, 4) is 0 Å². The van der Waals surface area contributed by atoms with E-state index in [9.17, 15) is 4.39 Å². The number of anilines is 1. The molecule has 0 fully saturated rings. The van der Waals surface area contributed by atoms with Crippen LogP contribution in [0.5, 0.6) is 0 Å². The summed E-state index contributed by atoms with van der Waals surface area (Å²) in [5.41, 5.74) is 10.8. The highest BCUT2D eigenvalue weighted by Crippen LogP contribution is 2.31. The Balaban J connectivity index is 1.89. The average molecular weight is 348 g/mol. The molecule has 1 unspecified atom stereocenters. The lowest BCUT2D eigenvalue weighted by Crippen LogP contribution is -2.25.